The molecule has 0 radical (unpaired) electrons. The SMILES string of the molecule is O=C(Nc1ccc(F)c(F)c1)C1=CCC(Cl)C(S(=O)(=O)CC2CCC(F)(F)CC2)=C1. The minimum absolute atomic E-state index is 0.00809. The lowest BCUT2D eigenvalue weighted by atomic mass is 9.88. The van der Waals surface area contributed by atoms with Crippen LogP contribution in [0.2, 0.25) is 0 Å². The zero-order chi connectivity index (χ0) is 22.1. The summed E-state index contributed by atoms with van der Waals surface area (Å²) in [6.45, 7) is 0. The number of alkyl halides is 3. The summed E-state index contributed by atoms with van der Waals surface area (Å²) < 4.78 is 78.7. The van der Waals surface area contributed by atoms with Crippen molar-refractivity contribution >= 4 is 33.0 Å². The summed E-state index contributed by atoms with van der Waals surface area (Å²) >= 11 is 6.16. The molecule has 0 bridgehead atoms. The molecule has 1 amide bonds. The summed E-state index contributed by atoms with van der Waals surface area (Å²) in [5.74, 6) is -6.37. The Morgan fingerprint density at radius 3 is 2.47 bits per heavy atom. The minimum atomic E-state index is -3.87. The van der Waals surface area contributed by atoms with E-state index in [4.69, 9.17) is 11.6 Å². The number of carbonyl (C=O) groups excluding carboxylic acids is 1. The number of carbonyl (C=O) groups is 1. The quantitative estimate of drug-likeness (QED) is 0.493. The lowest BCUT2D eigenvalue weighted by Gasteiger charge is -2.29. The molecule has 0 aromatic heterocycles. The third-order valence-electron chi connectivity index (χ3n) is 5.24. The Labute approximate surface area is 176 Å². The van der Waals surface area contributed by atoms with Gasteiger partial charge >= 0.3 is 0 Å². The Morgan fingerprint density at radius 1 is 1.17 bits per heavy atom. The summed E-state index contributed by atoms with van der Waals surface area (Å²) in [7, 11) is -3.87. The summed E-state index contributed by atoms with van der Waals surface area (Å²) in [6, 6.07) is 2.83. The monoisotopic (exact) mass is 465 g/mol. The number of benzene rings is 1. The molecule has 1 saturated carbocycles. The molecular weight excluding hydrogens is 446 g/mol. The molecule has 164 valence electrons. The number of amides is 1. The van der Waals surface area contributed by atoms with Crippen molar-refractivity contribution in [2.45, 2.75) is 43.4 Å². The fourth-order valence-corrected chi connectivity index (χ4v) is 6.04. The molecule has 0 saturated heterocycles. The van der Waals surface area contributed by atoms with Crippen molar-refractivity contribution < 1.29 is 30.8 Å². The highest BCUT2D eigenvalue weighted by atomic mass is 35.5. The van der Waals surface area contributed by atoms with Gasteiger partial charge in [0.25, 0.3) is 5.91 Å². The summed E-state index contributed by atoms with van der Waals surface area (Å²) in [5, 5.41) is 1.50. The van der Waals surface area contributed by atoms with Crippen molar-refractivity contribution in [2.24, 2.45) is 5.92 Å². The summed E-state index contributed by atoms with van der Waals surface area (Å²) in [6.07, 6.45) is 2.19. The zero-order valence-electron chi connectivity index (χ0n) is 15.8. The third kappa shape index (κ3) is 5.43. The van der Waals surface area contributed by atoms with Gasteiger partial charge in [-0.05, 0) is 43.4 Å². The molecule has 0 aliphatic heterocycles. The van der Waals surface area contributed by atoms with Crippen LogP contribution in [-0.2, 0) is 14.6 Å². The lowest BCUT2D eigenvalue weighted by molar-refractivity contribution is -0.112. The highest BCUT2D eigenvalue weighted by Crippen LogP contribution is 2.38. The number of nitrogens with one attached hydrogen (secondary N) is 1. The maximum atomic E-state index is 13.3. The Hall–Kier alpha value is -1.87. The van der Waals surface area contributed by atoms with E-state index in [9.17, 15) is 30.8 Å². The van der Waals surface area contributed by atoms with E-state index in [0.29, 0.717) is 0 Å². The molecule has 1 unspecified atom stereocenters. The molecule has 1 aromatic carbocycles. The van der Waals surface area contributed by atoms with Gasteiger partial charge in [0.1, 0.15) is 0 Å². The number of allylic oxidation sites excluding steroid dienone is 2. The number of halogens is 5. The molecule has 0 spiro atoms. The standard InChI is InChI=1S/C20H20ClF4NO3S/c21-15-3-1-13(19(27)26-14-2-4-16(22)17(23)10-14)9-18(15)30(28,29)11-12-5-7-20(24,25)8-6-12/h1-2,4,9-10,12,15H,3,5-8,11H2,(H,26,27). The highest BCUT2D eigenvalue weighted by Gasteiger charge is 2.38. The summed E-state index contributed by atoms with van der Waals surface area (Å²) in [4.78, 5) is 12.3. The van der Waals surface area contributed by atoms with Gasteiger partial charge in [0.05, 0.1) is 16.0 Å². The summed E-state index contributed by atoms with van der Waals surface area (Å²) in [5.41, 5.74) is 0.0270. The Kier molecular flexibility index (Phi) is 6.62. The molecule has 1 aromatic rings. The van der Waals surface area contributed by atoms with E-state index in [1.807, 2.05) is 0 Å². The largest absolute Gasteiger partial charge is 0.322 e. The van der Waals surface area contributed by atoms with E-state index in [1.54, 1.807) is 0 Å². The van der Waals surface area contributed by atoms with E-state index in [2.05, 4.69) is 5.32 Å². The minimum Gasteiger partial charge on any atom is -0.322 e. The molecule has 2 aliphatic rings. The number of hydrogen-bond donors (Lipinski definition) is 1. The van der Waals surface area contributed by atoms with Crippen molar-refractivity contribution in [1.29, 1.82) is 0 Å². The van der Waals surface area contributed by atoms with Crippen molar-refractivity contribution in [2.75, 3.05) is 11.1 Å². The molecule has 1 N–H and O–H groups in total. The number of hydrogen-bond acceptors (Lipinski definition) is 3. The van der Waals surface area contributed by atoms with Crippen LogP contribution in [0.15, 0.2) is 40.8 Å². The Balaban J connectivity index is 1.73. The van der Waals surface area contributed by atoms with Crippen LogP contribution >= 0.6 is 11.6 Å². The van der Waals surface area contributed by atoms with Gasteiger partial charge < -0.3 is 5.32 Å². The third-order valence-corrected chi connectivity index (χ3v) is 7.82. The Morgan fingerprint density at radius 2 is 1.83 bits per heavy atom. The smallest absolute Gasteiger partial charge is 0.255 e. The first kappa shape index (κ1) is 22.8. The van der Waals surface area contributed by atoms with Gasteiger partial charge in [-0.3, -0.25) is 4.79 Å². The van der Waals surface area contributed by atoms with Crippen LogP contribution in [0.5, 0.6) is 0 Å². The number of rotatable bonds is 5. The molecule has 10 heteroatoms. The van der Waals surface area contributed by atoms with Crippen LogP contribution in [0, 0.1) is 17.6 Å². The molecule has 1 atom stereocenters. The van der Waals surface area contributed by atoms with Crippen molar-refractivity contribution in [3.63, 3.8) is 0 Å². The second kappa shape index (κ2) is 8.70. The van der Waals surface area contributed by atoms with Crippen LogP contribution < -0.4 is 5.32 Å². The van der Waals surface area contributed by atoms with Crippen LogP contribution in [-0.4, -0.2) is 31.4 Å². The highest BCUT2D eigenvalue weighted by molar-refractivity contribution is 7.95. The zero-order valence-corrected chi connectivity index (χ0v) is 17.4. The average molecular weight is 466 g/mol. The molecule has 2 aliphatic carbocycles. The van der Waals surface area contributed by atoms with Gasteiger partial charge in [0.2, 0.25) is 5.92 Å². The second-order valence-corrected chi connectivity index (χ2v) is 10.1. The van der Waals surface area contributed by atoms with E-state index in [0.717, 1.165) is 18.2 Å². The molecule has 0 heterocycles. The second-order valence-electron chi connectivity index (χ2n) is 7.57. The molecule has 30 heavy (non-hydrogen) atoms. The van der Waals surface area contributed by atoms with E-state index < -0.39 is 44.6 Å². The average Bonchev–Trinajstić information content (AvgIpc) is 2.66. The van der Waals surface area contributed by atoms with Gasteiger partial charge in [-0.15, -0.1) is 11.6 Å². The fraction of sp³-hybridized carbons (Fsp3) is 0.450. The predicted octanol–water partition coefficient (Wildman–Crippen LogP) is 4.97. The normalized spacial score (nSPS) is 22.2. The van der Waals surface area contributed by atoms with Crippen LogP contribution in [0.1, 0.15) is 32.1 Å². The maximum Gasteiger partial charge on any atom is 0.255 e. The van der Waals surface area contributed by atoms with Crippen LogP contribution in [0.3, 0.4) is 0 Å². The van der Waals surface area contributed by atoms with Crippen molar-refractivity contribution in [3.05, 3.63) is 52.5 Å². The molecule has 4 nitrogen and oxygen atoms in total. The van der Waals surface area contributed by atoms with Crippen molar-refractivity contribution in [1.82, 2.24) is 0 Å². The first-order valence-corrected chi connectivity index (χ1v) is 11.5. The topological polar surface area (TPSA) is 63.2 Å². The van der Waals surface area contributed by atoms with Gasteiger partial charge in [0.15, 0.2) is 21.5 Å². The number of sulfone groups is 1. The predicted molar refractivity (Wildman–Crippen MR) is 106 cm³/mol. The van der Waals surface area contributed by atoms with E-state index in [1.165, 1.54) is 12.1 Å². The molecule has 1 fully saturated rings. The van der Waals surface area contributed by atoms with Gasteiger partial charge in [-0.1, -0.05) is 6.08 Å². The molecule has 3 rings (SSSR count). The maximum absolute atomic E-state index is 13.3. The van der Waals surface area contributed by atoms with Gasteiger partial charge in [0, 0.05) is 30.2 Å². The first-order chi connectivity index (χ1) is 14.0. The van der Waals surface area contributed by atoms with Crippen LogP contribution in [0.25, 0.3) is 0 Å². The van der Waals surface area contributed by atoms with Gasteiger partial charge in [-0.25, -0.2) is 26.0 Å². The van der Waals surface area contributed by atoms with E-state index >= 15 is 0 Å². The lowest BCUT2D eigenvalue weighted by Crippen LogP contribution is -2.30. The van der Waals surface area contributed by atoms with Gasteiger partial charge in [-0.2, -0.15) is 0 Å². The van der Waals surface area contributed by atoms with Crippen LogP contribution in [0.4, 0.5) is 23.2 Å². The number of anilines is 1. The Bertz CT molecular complexity index is 997. The molecular formula is C20H20ClF4NO3S. The van der Waals surface area contributed by atoms with Crippen molar-refractivity contribution in [3.8, 4) is 0 Å². The van der Waals surface area contributed by atoms with E-state index in [-0.39, 0.29) is 54.0 Å². The first-order valence-electron chi connectivity index (χ1n) is 9.40. The fourth-order valence-electron chi connectivity index (χ4n) is 3.54.